The van der Waals surface area contributed by atoms with Gasteiger partial charge in [0.15, 0.2) is 11.5 Å². The Hall–Kier alpha value is -3.24. The fourth-order valence-electron chi connectivity index (χ4n) is 2.21. The van der Waals surface area contributed by atoms with Crippen LogP contribution in [0.1, 0.15) is 17.9 Å². The van der Waals surface area contributed by atoms with Crippen LogP contribution in [0.2, 0.25) is 0 Å². The Morgan fingerprint density at radius 1 is 1.15 bits per heavy atom. The zero-order valence-electron chi connectivity index (χ0n) is 13.3. The molecule has 0 radical (unpaired) electrons. The Morgan fingerprint density at radius 3 is 2.58 bits per heavy atom. The molecule has 3 aromatic rings. The van der Waals surface area contributed by atoms with Crippen LogP contribution in [0.25, 0.3) is 11.4 Å². The van der Waals surface area contributed by atoms with Gasteiger partial charge in [0.05, 0.1) is 0 Å². The van der Waals surface area contributed by atoms with Crippen molar-refractivity contribution in [3.63, 3.8) is 0 Å². The van der Waals surface area contributed by atoms with Gasteiger partial charge in [-0.05, 0) is 18.6 Å². The number of anilines is 1. The number of aromatic amines is 2. The maximum Gasteiger partial charge on any atom is 0.433 e. The molecule has 0 unspecified atom stereocenters. The fraction of sp³-hybridized carbons (Fsp3) is 0.267. The lowest BCUT2D eigenvalue weighted by atomic mass is 10.2. The standard InChI is InChI=1S/C15H14F3N7O/c16-15(17,18)10-8-12(20-5-1-2-11-23-14(26)25-24-11)22-13(21-10)9-3-6-19-7-4-9/h3-4,6-8H,1-2,5H2,(H,20,21,22)(H2,23,24,25,26). The first-order valence-corrected chi connectivity index (χ1v) is 7.66. The van der Waals surface area contributed by atoms with Gasteiger partial charge in [-0.1, -0.05) is 0 Å². The summed E-state index contributed by atoms with van der Waals surface area (Å²) in [6.07, 6.45) is -0.681. The number of rotatable bonds is 6. The molecule has 0 spiro atoms. The molecule has 0 saturated carbocycles. The number of hydrogen-bond donors (Lipinski definition) is 3. The normalized spacial score (nSPS) is 11.5. The van der Waals surface area contributed by atoms with Crippen molar-refractivity contribution in [3.05, 3.63) is 52.6 Å². The summed E-state index contributed by atoms with van der Waals surface area (Å²) in [6.45, 7) is 0.346. The number of nitrogens with zero attached hydrogens (tertiary/aromatic N) is 4. The van der Waals surface area contributed by atoms with Gasteiger partial charge in [-0.3, -0.25) is 9.97 Å². The van der Waals surface area contributed by atoms with E-state index in [9.17, 15) is 18.0 Å². The molecular weight excluding hydrogens is 351 g/mol. The summed E-state index contributed by atoms with van der Waals surface area (Å²) in [4.78, 5) is 25.0. The Kier molecular flexibility index (Phi) is 4.96. The number of aromatic nitrogens is 6. The fourth-order valence-corrected chi connectivity index (χ4v) is 2.21. The molecule has 0 aromatic carbocycles. The van der Waals surface area contributed by atoms with Crippen LogP contribution in [0.5, 0.6) is 0 Å². The molecule has 3 aromatic heterocycles. The van der Waals surface area contributed by atoms with Crippen LogP contribution in [0, 0.1) is 0 Å². The van der Waals surface area contributed by atoms with Crippen LogP contribution in [0.3, 0.4) is 0 Å². The van der Waals surface area contributed by atoms with E-state index in [4.69, 9.17) is 0 Å². The van der Waals surface area contributed by atoms with Crippen molar-refractivity contribution in [2.45, 2.75) is 19.0 Å². The molecule has 11 heteroatoms. The summed E-state index contributed by atoms with van der Waals surface area (Å²) in [5.74, 6) is 0.504. The van der Waals surface area contributed by atoms with Crippen molar-refractivity contribution in [3.8, 4) is 11.4 Å². The first kappa shape index (κ1) is 17.6. The minimum absolute atomic E-state index is 0.0404. The third kappa shape index (κ3) is 4.43. The highest BCUT2D eigenvalue weighted by Gasteiger charge is 2.33. The van der Waals surface area contributed by atoms with Gasteiger partial charge in [-0.25, -0.2) is 19.9 Å². The van der Waals surface area contributed by atoms with Gasteiger partial charge >= 0.3 is 11.9 Å². The molecule has 3 heterocycles. The van der Waals surface area contributed by atoms with Gasteiger partial charge in [0, 0.05) is 37.0 Å². The lowest BCUT2D eigenvalue weighted by molar-refractivity contribution is -0.141. The lowest BCUT2D eigenvalue weighted by Crippen LogP contribution is -2.13. The predicted molar refractivity (Wildman–Crippen MR) is 86.3 cm³/mol. The molecule has 0 fully saturated rings. The van der Waals surface area contributed by atoms with E-state index in [-0.39, 0.29) is 11.6 Å². The maximum atomic E-state index is 13.1. The molecular formula is C15H14F3N7O. The third-order valence-corrected chi connectivity index (χ3v) is 3.40. The van der Waals surface area contributed by atoms with Gasteiger partial charge in [0.25, 0.3) is 0 Å². The molecule has 3 N–H and O–H groups in total. The summed E-state index contributed by atoms with van der Waals surface area (Å²) >= 11 is 0. The van der Waals surface area contributed by atoms with E-state index in [0.717, 1.165) is 6.07 Å². The number of H-pyrrole nitrogens is 2. The van der Waals surface area contributed by atoms with Gasteiger partial charge in [-0.15, -0.1) is 0 Å². The highest BCUT2D eigenvalue weighted by molar-refractivity contribution is 5.57. The van der Waals surface area contributed by atoms with E-state index in [1.54, 1.807) is 0 Å². The molecule has 3 rings (SSSR count). The van der Waals surface area contributed by atoms with Crippen molar-refractivity contribution in [1.82, 2.24) is 30.1 Å². The molecule has 136 valence electrons. The van der Waals surface area contributed by atoms with Gasteiger partial charge < -0.3 is 5.32 Å². The second-order valence-corrected chi connectivity index (χ2v) is 5.35. The Morgan fingerprint density at radius 2 is 1.92 bits per heavy atom. The SMILES string of the molecule is O=c1[nH]nc(CCCNc2cc(C(F)(F)F)nc(-c3ccncc3)n2)[nH]1. The first-order chi connectivity index (χ1) is 12.4. The van der Waals surface area contributed by atoms with Crippen LogP contribution in [-0.4, -0.2) is 36.7 Å². The second kappa shape index (κ2) is 7.33. The van der Waals surface area contributed by atoms with Crippen LogP contribution in [0.4, 0.5) is 19.0 Å². The Bertz CT molecular complexity index is 921. The molecule has 0 saturated heterocycles. The summed E-state index contributed by atoms with van der Waals surface area (Å²) in [6, 6.07) is 3.93. The monoisotopic (exact) mass is 365 g/mol. The zero-order chi connectivity index (χ0) is 18.6. The van der Waals surface area contributed by atoms with Crippen LogP contribution >= 0.6 is 0 Å². The molecule has 0 aliphatic carbocycles. The average Bonchev–Trinajstić information content (AvgIpc) is 3.04. The lowest BCUT2D eigenvalue weighted by Gasteiger charge is -2.11. The Balaban J connectivity index is 1.74. The van der Waals surface area contributed by atoms with Crippen LogP contribution < -0.4 is 11.0 Å². The number of pyridine rings is 1. The zero-order valence-corrected chi connectivity index (χ0v) is 13.3. The molecule has 0 bridgehead atoms. The summed E-state index contributed by atoms with van der Waals surface area (Å²) in [5.41, 5.74) is -0.998. The van der Waals surface area contributed by atoms with E-state index in [0.29, 0.717) is 30.8 Å². The van der Waals surface area contributed by atoms with E-state index >= 15 is 0 Å². The number of halogens is 3. The largest absolute Gasteiger partial charge is 0.433 e. The quantitative estimate of drug-likeness (QED) is 0.576. The first-order valence-electron chi connectivity index (χ1n) is 7.66. The predicted octanol–water partition coefficient (Wildman–Crippen LogP) is 2.01. The number of nitrogens with one attached hydrogen (secondary N) is 3. The number of aryl methyl sites for hydroxylation is 1. The minimum atomic E-state index is -4.59. The molecule has 0 aliphatic heterocycles. The smallest absolute Gasteiger partial charge is 0.370 e. The van der Waals surface area contributed by atoms with Crippen LogP contribution in [0.15, 0.2) is 35.4 Å². The minimum Gasteiger partial charge on any atom is -0.370 e. The summed E-state index contributed by atoms with van der Waals surface area (Å²) in [7, 11) is 0. The highest BCUT2D eigenvalue weighted by atomic mass is 19.4. The van der Waals surface area contributed by atoms with Gasteiger partial charge in [0.1, 0.15) is 11.6 Å². The Labute approximate surface area is 144 Å². The second-order valence-electron chi connectivity index (χ2n) is 5.35. The molecule has 0 amide bonds. The van der Waals surface area contributed by atoms with Crippen molar-refractivity contribution < 1.29 is 13.2 Å². The van der Waals surface area contributed by atoms with E-state index < -0.39 is 17.6 Å². The van der Waals surface area contributed by atoms with Gasteiger partial charge in [-0.2, -0.15) is 18.3 Å². The molecule has 0 atom stereocenters. The average molecular weight is 365 g/mol. The summed E-state index contributed by atoms with van der Waals surface area (Å²) in [5, 5.41) is 8.85. The highest BCUT2D eigenvalue weighted by Crippen LogP contribution is 2.30. The third-order valence-electron chi connectivity index (χ3n) is 3.40. The van der Waals surface area contributed by atoms with E-state index in [1.165, 1.54) is 24.5 Å². The van der Waals surface area contributed by atoms with E-state index in [2.05, 4.69) is 35.5 Å². The molecule has 26 heavy (non-hydrogen) atoms. The number of hydrogen-bond acceptors (Lipinski definition) is 6. The maximum absolute atomic E-state index is 13.1. The summed E-state index contributed by atoms with van der Waals surface area (Å²) < 4.78 is 39.3. The number of alkyl halides is 3. The van der Waals surface area contributed by atoms with Crippen LogP contribution in [-0.2, 0) is 12.6 Å². The van der Waals surface area contributed by atoms with Gasteiger partial charge in [0.2, 0.25) is 0 Å². The molecule has 8 nitrogen and oxygen atoms in total. The van der Waals surface area contributed by atoms with E-state index in [1.807, 2.05) is 0 Å². The topological polar surface area (TPSA) is 112 Å². The van der Waals surface area contributed by atoms with Crippen molar-refractivity contribution >= 4 is 5.82 Å². The van der Waals surface area contributed by atoms with Crippen molar-refractivity contribution in [2.75, 3.05) is 11.9 Å². The molecule has 0 aliphatic rings. The van der Waals surface area contributed by atoms with Crippen molar-refractivity contribution in [1.29, 1.82) is 0 Å². The van der Waals surface area contributed by atoms with Crippen molar-refractivity contribution in [2.24, 2.45) is 0 Å².